The molecule has 0 aromatic carbocycles. The van der Waals surface area contributed by atoms with Crippen LogP contribution in [0, 0.1) is 5.41 Å². The van der Waals surface area contributed by atoms with Gasteiger partial charge in [0, 0.05) is 28.4 Å². The minimum Gasteiger partial charge on any atom is -0.382 e. The van der Waals surface area contributed by atoms with Gasteiger partial charge in [-0.15, -0.1) is 0 Å². The highest BCUT2D eigenvalue weighted by atomic mass is 32.2. The molecule has 0 fully saturated rings. The Balaban J connectivity index is 2.14. The minimum absolute atomic E-state index is 0.0135. The number of hydrogen-bond donors (Lipinski definition) is 2. The van der Waals surface area contributed by atoms with E-state index in [1.165, 1.54) is 0 Å². The van der Waals surface area contributed by atoms with Crippen molar-refractivity contribution in [3.8, 4) is 0 Å². The van der Waals surface area contributed by atoms with Crippen LogP contribution in [0.25, 0.3) is 0 Å². The molecule has 2 heterocycles. The van der Waals surface area contributed by atoms with Crippen molar-refractivity contribution in [2.24, 2.45) is 5.73 Å². The van der Waals surface area contributed by atoms with Gasteiger partial charge < -0.3 is 5.73 Å². The largest absolute Gasteiger partial charge is 0.382 e. The number of hydrogen-bond acceptors (Lipinski definition) is 4. The third kappa shape index (κ3) is 2.58. The van der Waals surface area contributed by atoms with Gasteiger partial charge in [-0.25, -0.2) is 0 Å². The van der Waals surface area contributed by atoms with E-state index in [4.69, 9.17) is 11.1 Å². The van der Waals surface area contributed by atoms with Crippen molar-refractivity contribution < 1.29 is 0 Å². The molecule has 80 valence electrons. The molecule has 2 aromatic heterocycles. The van der Waals surface area contributed by atoms with Crippen LogP contribution in [0.5, 0.6) is 0 Å². The molecule has 0 saturated heterocycles. The lowest BCUT2D eigenvalue weighted by atomic mass is 10.3. The van der Waals surface area contributed by atoms with Gasteiger partial charge in [0.1, 0.15) is 11.5 Å². The van der Waals surface area contributed by atoms with Crippen molar-refractivity contribution in [3.05, 3.63) is 48.5 Å². The van der Waals surface area contributed by atoms with Crippen LogP contribution in [0.15, 0.2) is 52.6 Å². The van der Waals surface area contributed by atoms with Crippen molar-refractivity contribution in [1.82, 2.24) is 9.97 Å². The molecule has 4 nitrogen and oxygen atoms in total. The fourth-order valence-corrected chi connectivity index (χ4v) is 1.91. The lowest BCUT2D eigenvalue weighted by molar-refractivity contribution is 1.19. The van der Waals surface area contributed by atoms with Gasteiger partial charge >= 0.3 is 0 Å². The van der Waals surface area contributed by atoms with E-state index in [-0.39, 0.29) is 5.84 Å². The van der Waals surface area contributed by atoms with E-state index in [1.54, 1.807) is 36.4 Å². The highest BCUT2D eigenvalue weighted by Gasteiger charge is 2.00. The Morgan fingerprint density at radius 2 is 1.88 bits per heavy atom. The van der Waals surface area contributed by atoms with E-state index < -0.39 is 0 Å². The number of nitrogen functional groups attached to an aromatic ring is 1. The topological polar surface area (TPSA) is 75.7 Å². The van der Waals surface area contributed by atoms with Crippen LogP contribution < -0.4 is 5.73 Å². The molecular weight excluding hydrogens is 220 g/mol. The Morgan fingerprint density at radius 1 is 1.12 bits per heavy atom. The van der Waals surface area contributed by atoms with E-state index >= 15 is 0 Å². The van der Waals surface area contributed by atoms with Crippen molar-refractivity contribution in [2.75, 3.05) is 0 Å². The Morgan fingerprint density at radius 3 is 2.44 bits per heavy atom. The van der Waals surface area contributed by atoms with Gasteiger partial charge in [0.25, 0.3) is 0 Å². The Bertz CT molecular complexity index is 481. The Labute approximate surface area is 97.4 Å². The molecule has 3 N–H and O–H groups in total. The lowest BCUT2D eigenvalue weighted by Crippen LogP contribution is -2.12. The van der Waals surface area contributed by atoms with Crippen LogP contribution in [-0.4, -0.2) is 15.8 Å². The first-order chi connectivity index (χ1) is 7.75. The van der Waals surface area contributed by atoms with Crippen LogP contribution >= 0.6 is 11.8 Å². The molecule has 0 aliphatic rings. The summed E-state index contributed by atoms with van der Waals surface area (Å²) in [5, 5.41) is 7.23. The molecule has 0 spiro atoms. The second-order valence-corrected chi connectivity index (χ2v) is 4.22. The zero-order valence-electron chi connectivity index (χ0n) is 8.42. The molecule has 2 rings (SSSR count). The molecular formula is C11H10N4S. The highest BCUT2D eigenvalue weighted by Crippen LogP contribution is 2.25. The molecule has 0 bridgehead atoms. The van der Waals surface area contributed by atoms with Gasteiger partial charge in [-0.05, 0) is 24.3 Å². The zero-order valence-corrected chi connectivity index (χ0v) is 9.24. The lowest BCUT2D eigenvalue weighted by Gasteiger charge is -2.01. The molecule has 2 aromatic rings. The maximum Gasteiger partial charge on any atom is 0.141 e. The van der Waals surface area contributed by atoms with Crippen molar-refractivity contribution in [1.29, 1.82) is 5.41 Å². The van der Waals surface area contributed by atoms with E-state index in [9.17, 15) is 0 Å². The summed E-state index contributed by atoms with van der Waals surface area (Å²) in [6.45, 7) is 0. The van der Waals surface area contributed by atoms with Gasteiger partial charge in [0.05, 0.1) is 0 Å². The first-order valence-corrected chi connectivity index (χ1v) is 5.45. The fourth-order valence-electron chi connectivity index (χ4n) is 1.14. The standard InChI is InChI=1S/C11H10N4S/c12-11(13)10-2-1-9(7-15-10)16-8-3-5-14-6-4-8/h1-7H,(H3,12,13). The van der Waals surface area contributed by atoms with Gasteiger partial charge in [-0.2, -0.15) is 0 Å². The fraction of sp³-hybridized carbons (Fsp3) is 0. The SMILES string of the molecule is N=C(N)c1ccc(Sc2ccncc2)cn1. The number of pyridine rings is 2. The van der Waals surface area contributed by atoms with Gasteiger partial charge in [-0.3, -0.25) is 15.4 Å². The van der Waals surface area contributed by atoms with Crippen LogP contribution in [0.2, 0.25) is 0 Å². The molecule has 0 atom stereocenters. The maximum absolute atomic E-state index is 7.23. The molecule has 16 heavy (non-hydrogen) atoms. The second-order valence-electron chi connectivity index (χ2n) is 3.08. The average molecular weight is 230 g/mol. The summed E-state index contributed by atoms with van der Waals surface area (Å²) in [7, 11) is 0. The van der Waals surface area contributed by atoms with Crippen LogP contribution in [0.3, 0.4) is 0 Å². The van der Waals surface area contributed by atoms with E-state index in [1.807, 2.05) is 18.2 Å². The average Bonchev–Trinajstić information content (AvgIpc) is 2.31. The second kappa shape index (κ2) is 4.76. The number of rotatable bonds is 3. The predicted octanol–water partition coefficient (Wildman–Crippen LogP) is 1.91. The Kier molecular flexibility index (Phi) is 3.16. The van der Waals surface area contributed by atoms with Crippen LogP contribution in [-0.2, 0) is 0 Å². The summed E-state index contributed by atoms with van der Waals surface area (Å²) in [6.07, 6.45) is 5.21. The number of nitrogens with one attached hydrogen (secondary N) is 1. The van der Waals surface area contributed by atoms with Crippen molar-refractivity contribution in [3.63, 3.8) is 0 Å². The quantitative estimate of drug-likeness (QED) is 0.624. The smallest absolute Gasteiger partial charge is 0.141 e. The molecule has 0 amide bonds. The van der Waals surface area contributed by atoms with Crippen molar-refractivity contribution in [2.45, 2.75) is 9.79 Å². The number of aromatic nitrogens is 2. The minimum atomic E-state index is -0.0135. The molecule has 0 radical (unpaired) electrons. The normalized spacial score (nSPS) is 10.0. The van der Waals surface area contributed by atoms with Gasteiger partial charge in [0.15, 0.2) is 0 Å². The van der Waals surface area contributed by atoms with Crippen LogP contribution in [0.1, 0.15) is 5.69 Å². The summed E-state index contributed by atoms with van der Waals surface area (Å²) in [5.74, 6) is -0.0135. The molecule has 0 aliphatic heterocycles. The first kappa shape index (κ1) is 10.6. The number of amidine groups is 1. The highest BCUT2D eigenvalue weighted by molar-refractivity contribution is 7.99. The van der Waals surface area contributed by atoms with Gasteiger partial charge in [-0.1, -0.05) is 11.8 Å². The predicted molar refractivity (Wildman–Crippen MR) is 63.6 cm³/mol. The summed E-state index contributed by atoms with van der Waals surface area (Å²) < 4.78 is 0. The summed E-state index contributed by atoms with van der Waals surface area (Å²) in [6, 6.07) is 7.51. The summed E-state index contributed by atoms with van der Waals surface area (Å²) in [4.78, 5) is 10.2. The van der Waals surface area contributed by atoms with E-state index in [0.29, 0.717) is 5.69 Å². The third-order valence-corrected chi connectivity index (χ3v) is 2.88. The van der Waals surface area contributed by atoms with Crippen LogP contribution in [0.4, 0.5) is 0 Å². The van der Waals surface area contributed by atoms with E-state index in [2.05, 4.69) is 9.97 Å². The van der Waals surface area contributed by atoms with Crippen molar-refractivity contribution >= 4 is 17.6 Å². The molecule has 0 unspecified atom stereocenters. The molecule has 5 heteroatoms. The van der Waals surface area contributed by atoms with Gasteiger partial charge in [0.2, 0.25) is 0 Å². The number of nitrogens with two attached hydrogens (primary N) is 1. The number of nitrogens with zero attached hydrogens (tertiary/aromatic N) is 2. The summed E-state index contributed by atoms with van der Waals surface area (Å²) in [5.41, 5.74) is 5.82. The monoisotopic (exact) mass is 230 g/mol. The first-order valence-electron chi connectivity index (χ1n) is 4.64. The molecule has 0 saturated carbocycles. The van der Waals surface area contributed by atoms with E-state index in [0.717, 1.165) is 9.79 Å². The third-order valence-electron chi connectivity index (χ3n) is 1.90. The molecule has 0 aliphatic carbocycles. The Hall–Kier alpha value is -1.88. The maximum atomic E-state index is 7.23. The summed E-state index contributed by atoms with van der Waals surface area (Å²) >= 11 is 1.59. The zero-order chi connectivity index (χ0) is 11.4.